The lowest BCUT2D eigenvalue weighted by Gasteiger charge is -2.14. The Kier molecular flexibility index (Phi) is 6.44. The molecule has 0 bridgehead atoms. The van der Waals surface area contributed by atoms with Crippen molar-refractivity contribution in [2.45, 2.75) is 6.18 Å². The molecule has 0 radical (unpaired) electrons. The summed E-state index contributed by atoms with van der Waals surface area (Å²) in [5.74, 6) is -0.826. The number of nitrogens with one attached hydrogen (secondary N) is 1. The van der Waals surface area contributed by atoms with Crippen LogP contribution in [0.4, 0.5) is 29.2 Å². The molecule has 2 heterocycles. The van der Waals surface area contributed by atoms with Gasteiger partial charge in [-0.1, -0.05) is 23.7 Å². The molecule has 0 fully saturated rings. The van der Waals surface area contributed by atoms with Crippen LogP contribution in [0.15, 0.2) is 60.9 Å². The number of aromatic nitrogens is 4. The van der Waals surface area contributed by atoms with Gasteiger partial charge in [0, 0.05) is 43.3 Å². The fourth-order valence-electron chi connectivity index (χ4n) is 3.19. The van der Waals surface area contributed by atoms with Crippen LogP contribution in [0.1, 0.15) is 16.1 Å². The second-order valence-corrected chi connectivity index (χ2v) is 8.02. The quantitative estimate of drug-likeness (QED) is 0.359. The van der Waals surface area contributed by atoms with E-state index in [4.69, 9.17) is 11.6 Å². The molecule has 35 heavy (non-hydrogen) atoms. The van der Waals surface area contributed by atoms with E-state index in [0.29, 0.717) is 22.4 Å². The molecule has 2 aromatic heterocycles. The fraction of sp³-hybridized carbons (Fsp3) is 0.130. The van der Waals surface area contributed by atoms with Gasteiger partial charge in [0.25, 0.3) is 5.91 Å². The molecule has 0 aliphatic heterocycles. The SMILES string of the molecule is CN(C)C(=O)c1cccc(-c2cnc(Nc3ccc(F)c(Cl)c3)nc2-n2ccc(C(F)(F)F)n2)c1. The first-order valence-electron chi connectivity index (χ1n) is 10.1. The van der Waals surface area contributed by atoms with Crippen LogP contribution in [0.25, 0.3) is 16.9 Å². The normalized spacial score (nSPS) is 11.4. The molecule has 1 N–H and O–H groups in total. The molecule has 4 aromatic rings. The number of hydrogen-bond donors (Lipinski definition) is 1. The average Bonchev–Trinajstić information content (AvgIpc) is 3.32. The monoisotopic (exact) mass is 504 g/mol. The van der Waals surface area contributed by atoms with E-state index in [2.05, 4.69) is 20.4 Å². The number of hydrogen-bond acceptors (Lipinski definition) is 5. The van der Waals surface area contributed by atoms with Crippen molar-refractivity contribution in [3.8, 4) is 16.9 Å². The summed E-state index contributed by atoms with van der Waals surface area (Å²) in [6, 6.07) is 11.2. The number of nitrogens with zero attached hydrogens (tertiary/aromatic N) is 5. The van der Waals surface area contributed by atoms with Gasteiger partial charge in [-0.2, -0.15) is 23.3 Å². The molecule has 7 nitrogen and oxygen atoms in total. The maximum Gasteiger partial charge on any atom is 0.435 e. The minimum absolute atomic E-state index is 0.0102. The van der Waals surface area contributed by atoms with Gasteiger partial charge in [0.15, 0.2) is 11.5 Å². The highest BCUT2D eigenvalue weighted by atomic mass is 35.5. The molecule has 1 amide bonds. The summed E-state index contributed by atoms with van der Waals surface area (Å²) >= 11 is 5.81. The van der Waals surface area contributed by atoms with Crippen molar-refractivity contribution in [3.63, 3.8) is 0 Å². The summed E-state index contributed by atoms with van der Waals surface area (Å²) in [5.41, 5.74) is 0.465. The van der Waals surface area contributed by atoms with E-state index in [1.807, 2.05) is 0 Å². The molecule has 0 unspecified atom stereocenters. The third-order valence-corrected chi connectivity index (χ3v) is 5.16. The zero-order valence-corrected chi connectivity index (χ0v) is 19.1. The van der Waals surface area contributed by atoms with Crippen molar-refractivity contribution in [1.82, 2.24) is 24.6 Å². The number of carbonyl (C=O) groups is 1. The van der Waals surface area contributed by atoms with Gasteiger partial charge in [-0.25, -0.2) is 14.1 Å². The lowest BCUT2D eigenvalue weighted by Crippen LogP contribution is -2.21. The Hall–Kier alpha value is -3.99. The van der Waals surface area contributed by atoms with Gasteiger partial charge >= 0.3 is 6.18 Å². The molecular formula is C23H17ClF4N6O. The first-order valence-corrected chi connectivity index (χ1v) is 10.4. The van der Waals surface area contributed by atoms with E-state index in [9.17, 15) is 22.4 Å². The molecule has 12 heteroatoms. The molecule has 0 atom stereocenters. The van der Waals surface area contributed by atoms with Crippen LogP contribution < -0.4 is 5.32 Å². The first-order chi connectivity index (χ1) is 16.5. The lowest BCUT2D eigenvalue weighted by molar-refractivity contribution is -0.141. The van der Waals surface area contributed by atoms with Crippen LogP contribution in [0.3, 0.4) is 0 Å². The van der Waals surface area contributed by atoms with Gasteiger partial charge in [0.2, 0.25) is 5.95 Å². The molecule has 0 aliphatic rings. The van der Waals surface area contributed by atoms with E-state index in [1.54, 1.807) is 38.4 Å². The van der Waals surface area contributed by atoms with Gasteiger partial charge in [-0.3, -0.25) is 4.79 Å². The standard InChI is InChI=1S/C23H17ClF4N6O/c1-33(2)21(35)14-5-3-4-13(10-14)16-12-29-22(30-15-6-7-18(25)17(24)11-15)31-20(16)34-9-8-19(32-34)23(26,27)28/h3-12H,1-2H3,(H,29,30,31). The maximum atomic E-state index is 13.5. The molecule has 0 spiro atoms. The minimum atomic E-state index is -4.65. The smallest absolute Gasteiger partial charge is 0.345 e. The van der Waals surface area contributed by atoms with Crippen LogP contribution >= 0.6 is 11.6 Å². The van der Waals surface area contributed by atoms with Crippen LogP contribution in [-0.2, 0) is 6.18 Å². The zero-order valence-electron chi connectivity index (χ0n) is 18.3. The third kappa shape index (κ3) is 5.24. The maximum absolute atomic E-state index is 13.5. The van der Waals surface area contributed by atoms with E-state index in [1.165, 1.54) is 23.2 Å². The number of alkyl halides is 3. The van der Waals surface area contributed by atoms with E-state index in [-0.39, 0.29) is 22.7 Å². The molecule has 4 rings (SSSR count). The van der Waals surface area contributed by atoms with E-state index in [0.717, 1.165) is 23.0 Å². The number of rotatable bonds is 5. The van der Waals surface area contributed by atoms with Crippen molar-refractivity contribution >= 4 is 29.1 Å². The topological polar surface area (TPSA) is 75.9 Å². The van der Waals surface area contributed by atoms with Crippen molar-refractivity contribution in [3.05, 3.63) is 83.0 Å². The van der Waals surface area contributed by atoms with Crippen LogP contribution in [-0.4, -0.2) is 44.7 Å². The number of halogens is 5. The third-order valence-electron chi connectivity index (χ3n) is 4.87. The van der Waals surface area contributed by atoms with Gasteiger partial charge in [-0.05, 0) is 42.0 Å². The summed E-state index contributed by atoms with van der Waals surface area (Å²) in [6.07, 6.45) is -2.13. The number of amides is 1. The fourth-order valence-corrected chi connectivity index (χ4v) is 3.37. The molecule has 2 aromatic carbocycles. The molecule has 0 saturated carbocycles. The highest BCUT2D eigenvalue weighted by Crippen LogP contribution is 2.31. The van der Waals surface area contributed by atoms with E-state index >= 15 is 0 Å². The summed E-state index contributed by atoms with van der Waals surface area (Å²) in [5, 5.41) is 6.34. The lowest BCUT2D eigenvalue weighted by atomic mass is 10.0. The van der Waals surface area contributed by atoms with Gasteiger partial charge in [0.05, 0.1) is 5.02 Å². The summed E-state index contributed by atoms with van der Waals surface area (Å²) in [7, 11) is 3.21. The Bertz CT molecular complexity index is 1400. The van der Waals surface area contributed by atoms with E-state index < -0.39 is 17.7 Å². The van der Waals surface area contributed by atoms with Gasteiger partial charge < -0.3 is 10.2 Å². The largest absolute Gasteiger partial charge is 0.435 e. The van der Waals surface area contributed by atoms with Crippen LogP contribution in [0.2, 0.25) is 5.02 Å². The van der Waals surface area contributed by atoms with Crippen molar-refractivity contribution in [2.75, 3.05) is 19.4 Å². The molecule has 180 valence electrons. The number of carbonyl (C=O) groups excluding carboxylic acids is 1. The average molecular weight is 505 g/mol. The number of anilines is 2. The second-order valence-electron chi connectivity index (χ2n) is 7.61. The first kappa shape index (κ1) is 24.1. The predicted molar refractivity (Wildman–Crippen MR) is 122 cm³/mol. The summed E-state index contributed by atoms with van der Waals surface area (Å²) in [4.78, 5) is 22.4. The Labute approximate surface area is 202 Å². The Morgan fingerprint density at radius 2 is 1.89 bits per heavy atom. The minimum Gasteiger partial charge on any atom is -0.345 e. The molecular weight excluding hydrogens is 488 g/mol. The summed E-state index contributed by atoms with van der Waals surface area (Å²) in [6.45, 7) is 0. The Morgan fingerprint density at radius 3 is 2.54 bits per heavy atom. The predicted octanol–water partition coefficient (Wildman–Crippen LogP) is 5.59. The van der Waals surface area contributed by atoms with Crippen LogP contribution in [0.5, 0.6) is 0 Å². The van der Waals surface area contributed by atoms with Gasteiger partial charge in [0.1, 0.15) is 5.82 Å². The van der Waals surface area contributed by atoms with Crippen molar-refractivity contribution in [1.29, 1.82) is 0 Å². The van der Waals surface area contributed by atoms with Crippen LogP contribution in [0, 0.1) is 5.82 Å². The second kappa shape index (κ2) is 9.34. The Morgan fingerprint density at radius 1 is 1.11 bits per heavy atom. The number of benzene rings is 2. The van der Waals surface area contributed by atoms with Crippen molar-refractivity contribution < 1.29 is 22.4 Å². The Balaban J connectivity index is 1.82. The van der Waals surface area contributed by atoms with Gasteiger partial charge in [-0.15, -0.1) is 0 Å². The van der Waals surface area contributed by atoms with Crippen molar-refractivity contribution in [2.24, 2.45) is 0 Å². The summed E-state index contributed by atoms with van der Waals surface area (Å²) < 4.78 is 54.0. The highest BCUT2D eigenvalue weighted by Gasteiger charge is 2.34. The zero-order chi connectivity index (χ0) is 25.3. The molecule has 0 saturated heterocycles. The molecule has 0 aliphatic carbocycles. The highest BCUT2D eigenvalue weighted by molar-refractivity contribution is 6.31.